The molecule has 2 unspecified atom stereocenters. The predicted octanol–water partition coefficient (Wildman–Crippen LogP) is 4.99. The van der Waals surface area contributed by atoms with E-state index in [-0.39, 0.29) is 11.6 Å². The fourth-order valence-electron chi connectivity index (χ4n) is 2.49. The van der Waals surface area contributed by atoms with Crippen LogP contribution >= 0.6 is 22.9 Å². The maximum atomic E-state index is 14.4. The van der Waals surface area contributed by atoms with Gasteiger partial charge in [-0.2, -0.15) is 0 Å². The van der Waals surface area contributed by atoms with Crippen LogP contribution in [0.4, 0.5) is 4.39 Å². The van der Waals surface area contributed by atoms with Gasteiger partial charge in [0.1, 0.15) is 5.73 Å². The Hall–Kier alpha value is -0.355. The Morgan fingerprint density at radius 3 is 2.52 bits per heavy atom. The van der Waals surface area contributed by atoms with Gasteiger partial charge >= 0.3 is 7.12 Å². The first-order valence-electron chi connectivity index (χ1n) is 7.16. The quantitative estimate of drug-likeness (QED) is 0.728. The second-order valence-corrected chi connectivity index (χ2v) is 8.19. The molecule has 2 fully saturated rings. The molecular weight excluding hydrogens is 309 g/mol. The molecule has 0 radical (unpaired) electrons. The molecule has 2 aliphatic rings. The van der Waals surface area contributed by atoms with Crippen LogP contribution in [0.5, 0.6) is 0 Å². The van der Waals surface area contributed by atoms with Crippen LogP contribution < -0.4 is 0 Å². The SMILES string of the molecule is CC1(C)OB(C(F)=CC2CC2c2cc(Cl)cs2)OC1(C)C. The zero-order valence-corrected chi connectivity index (χ0v) is 14.2. The van der Waals surface area contributed by atoms with E-state index < -0.39 is 18.3 Å². The first kappa shape index (κ1) is 15.5. The molecule has 1 aliphatic carbocycles. The van der Waals surface area contributed by atoms with E-state index in [9.17, 15) is 4.39 Å². The Kier molecular flexibility index (Phi) is 3.76. The molecule has 2 heterocycles. The summed E-state index contributed by atoms with van der Waals surface area (Å²) in [5, 5.41) is 2.68. The van der Waals surface area contributed by atoms with E-state index in [0.717, 1.165) is 11.4 Å². The lowest BCUT2D eigenvalue weighted by atomic mass is 9.87. The van der Waals surface area contributed by atoms with Gasteiger partial charge < -0.3 is 9.31 Å². The zero-order valence-electron chi connectivity index (χ0n) is 12.7. The Bertz CT molecular complexity index is 568. The van der Waals surface area contributed by atoms with Gasteiger partial charge in [-0.3, -0.25) is 0 Å². The molecule has 114 valence electrons. The molecule has 1 saturated carbocycles. The van der Waals surface area contributed by atoms with Gasteiger partial charge in [0.2, 0.25) is 0 Å². The second-order valence-electron chi connectivity index (χ2n) is 6.81. The summed E-state index contributed by atoms with van der Waals surface area (Å²) in [5.41, 5.74) is -1.33. The van der Waals surface area contributed by atoms with Crippen molar-refractivity contribution in [3.63, 3.8) is 0 Å². The number of hydrogen-bond acceptors (Lipinski definition) is 3. The van der Waals surface area contributed by atoms with Crippen LogP contribution in [-0.4, -0.2) is 18.3 Å². The lowest BCUT2D eigenvalue weighted by Gasteiger charge is -2.32. The fraction of sp³-hybridized carbons (Fsp3) is 0.600. The molecule has 1 saturated heterocycles. The van der Waals surface area contributed by atoms with Crippen molar-refractivity contribution in [2.75, 3.05) is 0 Å². The Morgan fingerprint density at radius 2 is 2.00 bits per heavy atom. The molecule has 2 nitrogen and oxygen atoms in total. The normalized spacial score (nSPS) is 30.8. The summed E-state index contributed by atoms with van der Waals surface area (Å²) >= 11 is 7.57. The largest absolute Gasteiger partial charge is 0.524 e. The average molecular weight is 329 g/mol. The highest BCUT2D eigenvalue weighted by Crippen LogP contribution is 2.51. The Labute approximate surface area is 134 Å². The monoisotopic (exact) mass is 328 g/mol. The van der Waals surface area contributed by atoms with Gasteiger partial charge in [-0.05, 0) is 46.1 Å². The standard InChI is InChI=1S/C15H19BClFO2S/c1-14(2)15(3,4)20-16(19-14)13(18)6-9-5-11(9)12-7-10(17)8-21-12/h6-9,11H,5H2,1-4H3. The topological polar surface area (TPSA) is 18.5 Å². The van der Waals surface area contributed by atoms with Crippen molar-refractivity contribution in [1.82, 2.24) is 0 Å². The zero-order chi connectivity index (χ0) is 15.4. The maximum absolute atomic E-state index is 14.4. The first-order valence-corrected chi connectivity index (χ1v) is 8.42. The van der Waals surface area contributed by atoms with Gasteiger partial charge in [0, 0.05) is 16.2 Å². The number of hydrogen-bond donors (Lipinski definition) is 0. The van der Waals surface area contributed by atoms with Crippen LogP contribution in [0, 0.1) is 5.92 Å². The van der Waals surface area contributed by atoms with Crippen LogP contribution in [0.15, 0.2) is 23.2 Å². The molecule has 0 amide bonds. The molecular formula is C15H19BClFO2S. The van der Waals surface area contributed by atoms with E-state index in [4.69, 9.17) is 20.9 Å². The van der Waals surface area contributed by atoms with Crippen molar-refractivity contribution in [2.24, 2.45) is 5.92 Å². The van der Waals surface area contributed by atoms with Gasteiger partial charge in [-0.1, -0.05) is 17.7 Å². The van der Waals surface area contributed by atoms with Crippen LogP contribution in [0.25, 0.3) is 0 Å². The Morgan fingerprint density at radius 1 is 1.38 bits per heavy atom. The van der Waals surface area contributed by atoms with Crippen LogP contribution in [0.1, 0.15) is 44.9 Å². The molecule has 6 heteroatoms. The Balaban J connectivity index is 1.66. The van der Waals surface area contributed by atoms with Crippen LogP contribution in [0.2, 0.25) is 5.02 Å². The van der Waals surface area contributed by atoms with Gasteiger partial charge in [-0.15, -0.1) is 11.3 Å². The molecule has 21 heavy (non-hydrogen) atoms. The number of thiophene rings is 1. The van der Waals surface area contributed by atoms with Crippen LogP contribution in [0.3, 0.4) is 0 Å². The van der Waals surface area contributed by atoms with Gasteiger partial charge in [0.25, 0.3) is 0 Å². The number of rotatable bonds is 3. The lowest BCUT2D eigenvalue weighted by molar-refractivity contribution is 0.00578. The molecule has 1 aliphatic heterocycles. The third kappa shape index (κ3) is 2.94. The molecule has 0 bridgehead atoms. The molecule has 3 rings (SSSR count). The van der Waals surface area contributed by atoms with Crippen molar-refractivity contribution < 1.29 is 13.7 Å². The summed E-state index contributed by atoms with van der Waals surface area (Å²) < 4.78 is 25.8. The van der Waals surface area contributed by atoms with Gasteiger partial charge in [0.05, 0.1) is 16.2 Å². The minimum atomic E-state index is -0.886. The summed E-state index contributed by atoms with van der Waals surface area (Å²) in [6, 6.07) is 1.97. The van der Waals surface area contributed by atoms with Gasteiger partial charge in [0.15, 0.2) is 0 Å². The van der Waals surface area contributed by atoms with E-state index in [2.05, 4.69) is 0 Å². The van der Waals surface area contributed by atoms with E-state index in [1.165, 1.54) is 4.88 Å². The lowest BCUT2D eigenvalue weighted by Crippen LogP contribution is -2.41. The summed E-state index contributed by atoms with van der Waals surface area (Å²) in [5.74, 6) is 0.606. The molecule has 0 aromatic carbocycles. The summed E-state index contributed by atoms with van der Waals surface area (Å²) in [6.07, 6.45) is 2.62. The van der Waals surface area contributed by atoms with Crippen molar-refractivity contribution in [1.29, 1.82) is 0 Å². The highest BCUT2D eigenvalue weighted by atomic mass is 35.5. The van der Waals surface area contributed by atoms with E-state index in [0.29, 0.717) is 5.92 Å². The average Bonchev–Trinajstić information content (AvgIpc) is 2.91. The number of allylic oxidation sites excluding steroid dienone is 1. The first-order chi connectivity index (χ1) is 9.69. The van der Waals surface area contributed by atoms with Crippen molar-refractivity contribution >= 4 is 30.1 Å². The van der Waals surface area contributed by atoms with Crippen molar-refractivity contribution in [3.8, 4) is 0 Å². The third-order valence-corrected chi connectivity index (χ3v) is 6.06. The summed E-state index contributed by atoms with van der Waals surface area (Å²) in [4.78, 5) is 1.22. The molecule has 1 aromatic heterocycles. The molecule has 0 spiro atoms. The van der Waals surface area contributed by atoms with E-state index in [1.54, 1.807) is 17.4 Å². The van der Waals surface area contributed by atoms with Crippen LogP contribution in [-0.2, 0) is 9.31 Å². The van der Waals surface area contributed by atoms with Crippen molar-refractivity contribution in [2.45, 2.75) is 51.2 Å². The summed E-state index contributed by atoms with van der Waals surface area (Å²) in [7, 11) is -0.886. The highest BCUT2D eigenvalue weighted by molar-refractivity contribution is 7.10. The minimum absolute atomic E-state index is 0.221. The van der Waals surface area contributed by atoms with E-state index in [1.807, 2.05) is 39.1 Å². The fourth-order valence-corrected chi connectivity index (χ4v) is 3.76. The van der Waals surface area contributed by atoms with Crippen molar-refractivity contribution in [3.05, 3.63) is 33.1 Å². The highest BCUT2D eigenvalue weighted by Gasteiger charge is 2.53. The minimum Gasteiger partial charge on any atom is -0.398 e. The maximum Gasteiger partial charge on any atom is 0.524 e. The number of halogens is 2. The third-order valence-electron chi connectivity index (χ3n) is 4.64. The second kappa shape index (κ2) is 5.09. The predicted molar refractivity (Wildman–Crippen MR) is 85.5 cm³/mol. The molecule has 2 atom stereocenters. The molecule has 0 N–H and O–H groups in total. The van der Waals surface area contributed by atoms with Gasteiger partial charge in [-0.25, -0.2) is 4.39 Å². The smallest absolute Gasteiger partial charge is 0.398 e. The summed E-state index contributed by atoms with van der Waals surface area (Å²) in [6.45, 7) is 7.70. The van der Waals surface area contributed by atoms with E-state index >= 15 is 0 Å². The molecule has 1 aromatic rings.